The molecular weight excluding hydrogens is 480 g/mol. The molecule has 0 aliphatic rings. The first-order valence-electron chi connectivity index (χ1n) is 9.94. The highest BCUT2D eigenvalue weighted by molar-refractivity contribution is 7.80. The van der Waals surface area contributed by atoms with E-state index < -0.39 is 97.9 Å². The van der Waals surface area contributed by atoms with Gasteiger partial charge < -0.3 is 42.1 Å². The van der Waals surface area contributed by atoms with Crippen LogP contribution in [0.25, 0.3) is 0 Å². The summed E-state index contributed by atoms with van der Waals surface area (Å²) >= 11 is 3.93. The Morgan fingerprint density at radius 1 is 0.618 bits per heavy atom. The Morgan fingerprint density at radius 3 is 1.44 bits per heavy atom. The second-order valence-electron chi connectivity index (χ2n) is 7.11. The van der Waals surface area contributed by atoms with Gasteiger partial charge in [0.2, 0.25) is 17.7 Å². The number of carbonyl (C=O) groups is 7. The first kappa shape index (κ1) is 30.6. The van der Waals surface area contributed by atoms with Crippen molar-refractivity contribution in [1.29, 1.82) is 0 Å². The van der Waals surface area contributed by atoms with Gasteiger partial charge in [-0.2, -0.15) is 12.6 Å². The number of nitrogens with one attached hydrogen (secondary N) is 3. The Morgan fingerprint density at radius 2 is 1.00 bits per heavy atom. The number of thiol groups is 1. The fourth-order valence-electron chi connectivity index (χ4n) is 2.49. The molecule has 0 saturated heterocycles. The summed E-state index contributed by atoms with van der Waals surface area (Å²) < 4.78 is 0. The maximum Gasteiger partial charge on any atom is 0.326 e. The van der Waals surface area contributed by atoms with Crippen molar-refractivity contribution in [3.05, 3.63) is 0 Å². The van der Waals surface area contributed by atoms with E-state index in [0.29, 0.717) is 0 Å². The van der Waals surface area contributed by atoms with Crippen LogP contribution in [0, 0.1) is 0 Å². The molecule has 0 aliphatic carbocycles. The lowest BCUT2D eigenvalue weighted by Crippen LogP contribution is -2.57. The molecule has 0 saturated carbocycles. The third kappa shape index (κ3) is 12.6. The first-order chi connectivity index (χ1) is 15.8. The monoisotopic (exact) mass is 508 g/mol. The Hall–Kier alpha value is -3.40. The van der Waals surface area contributed by atoms with Gasteiger partial charge in [-0.15, -0.1) is 0 Å². The molecule has 9 N–H and O–H groups in total. The van der Waals surface area contributed by atoms with Crippen molar-refractivity contribution < 1.29 is 54.0 Å². The average Bonchev–Trinajstić information content (AvgIpc) is 2.74. The van der Waals surface area contributed by atoms with Crippen molar-refractivity contribution in [2.45, 2.75) is 62.7 Å². The highest BCUT2D eigenvalue weighted by Crippen LogP contribution is 2.04. The third-order valence-electron chi connectivity index (χ3n) is 4.36. The minimum atomic E-state index is -1.61. The number of carboxylic acids is 4. The van der Waals surface area contributed by atoms with E-state index in [4.69, 9.17) is 21.1 Å². The molecule has 0 heterocycles. The molecule has 0 aromatic rings. The smallest absolute Gasteiger partial charge is 0.326 e. The Balaban J connectivity index is 5.32. The predicted octanol–water partition coefficient (Wildman–Crippen LogP) is -2.62. The fraction of sp³-hybridized carbons (Fsp3) is 0.611. The van der Waals surface area contributed by atoms with E-state index in [9.17, 15) is 38.7 Å². The van der Waals surface area contributed by atoms with Crippen LogP contribution in [0.2, 0.25) is 0 Å². The maximum absolute atomic E-state index is 12.6. The zero-order valence-electron chi connectivity index (χ0n) is 17.9. The summed E-state index contributed by atoms with van der Waals surface area (Å²) in [6.07, 6.45) is -2.65. The number of amides is 3. The molecule has 4 atom stereocenters. The summed E-state index contributed by atoms with van der Waals surface area (Å²) in [7, 11) is 0. The van der Waals surface area contributed by atoms with E-state index in [1.165, 1.54) is 0 Å². The molecule has 15 nitrogen and oxygen atoms in total. The molecule has 3 amide bonds. The zero-order valence-corrected chi connectivity index (χ0v) is 18.8. The second-order valence-corrected chi connectivity index (χ2v) is 7.47. The number of carbonyl (C=O) groups excluding carboxylic acids is 3. The van der Waals surface area contributed by atoms with Gasteiger partial charge in [-0.05, 0) is 19.3 Å². The van der Waals surface area contributed by atoms with Gasteiger partial charge in [0, 0.05) is 25.0 Å². The Kier molecular flexibility index (Phi) is 13.9. The van der Waals surface area contributed by atoms with Gasteiger partial charge in [0.25, 0.3) is 0 Å². The molecule has 0 aromatic heterocycles. The molecule has 192 valence electrons. The van der Waals surface area contributed by atoms with Gasteiger partial charge >= 0.3 is 23.9 Å². The van der Waals surface area contributed by atoms with E-state index in [1.54, 1.807) is 0 Å². The van der Waals surface area contributed by atoms with Crippen LogP contribution < -0.4 is 21.7 Å². The summed E-state index contributed by atoms with van der Waals surface area (Å²) in [4.78, 5) is 80.7. The third-order valence-corrected chi connectivity index (χ3v) is 4.73. The molecule has 0 rings (SSSR count). The van der Waals surface area contributed by atoms with Crippen molar-refractivity contribution >= 4 is 54.2 Å². The summed E-state index contributed by atoms with van der Waals surface area (Å²) in [5, 5.41) is 41.9. The normalized spacial score (nSPS) is 14.1. The fourth-order valence-corrected chi connectivity index (χ4v) is 2.75. The predicted molar refractivity (Wildman–Crippen MR) is 116 cm³/mol. The van der Waals surface area contributed by atoms with Crippen LogP contribution in [-0.2, 0) is 33.6 Å². The molecule has 34 heavy (non-hydrogen) atoms. The summed E-state index contributed by atoms with van der Waals surface area (Å²) in [6, 6.07) is -5.73. The summed E-state index contributed by atoms with van der Waals surface area (Å²) in [6.45, 7) is 0. The van der Waals surface area contributed by atoms with Crippen molar-refractivity contribution in [2.75, 3.05) is 5.75 Å². The topological polar surface area (TPSA) is 263 Å². The van der Waals surface area contributed by atoms with Gasteiger partial charge in [0.1, 0.15) is 18.1 Å². The van der Waals surface area contributed by atoms with Gasteiger partial charge in [-0.25, -0.2) is 4.79 Å². The van der Waals surface area contributed by atoms with Gasteiger partial charge in [0.05, 0.1) is 6.04 Å². The van der Waals surface area contributed by atoms with E-state index in [1.807, 2.05) is 0 Å². The lowest BCUT2D eigenvalue weighted by Gasteiger charge is -2.24. The zero-order chi connectivity index (χ0) is 26.4. The summed E-state index contributed by atoms with van der Waals surface area (Å²) in [5.74, 6) is -8.49. The molecule has 16 heteroatoms. The SMILES string of the molecule is NC(CCC(=O)O)C(=O)NC(CS)C(=O)NC(CCC(=O)O)C(=O)NC(CCC(=O)O)C(=O)O. The van der Waals surface area contributed by atoms with Gasteiger partial charge in [-0.3, -0.25) is 28.8 Å². The van der Waals surface area contributed by atoms with Crippen LogP contribution in [0.5, 0.6) is 0 Å². The van der Waals surface area contributed by atoms with E-state index in [0.717, 1.165) is 0 Å². The number of rotatable bonds is 17. The number of hydrogen-bond donors (Lipinski definition) is 9. The van der Waals surface area contributed by atoms with Gasteiger partial charge in [-0.1, -0.05) is 0 Å². The van der Waals surface area contributed by atoms with Crippen LogP contribution >= 0.6 is 12.6 Å². The maximum atomic E-state index is 12.6. The van der Waals surface area contributed by atoms with E-state index in [-0.39, 0.29) is 12.2 Å². The molecular formula is C18H28N4O11S. The minimum absolute atomic E-state index is 0.210. The quantitative estimate of drug-likeness (QED) is 0.0914. The highest BCUT2D eigenvalue weighted by atomic mass is 32.1. The van der Waals surface area contributed by atoms with Gasteiger partial charge in [0.15, 0.2) is 0 Å². The summed E-state index contributed by atoms with van der Waals surface area (Å²) in [5.41, 5.74) is 5.57. The van der Waals surface area contributed by atoms with Crippen LogP contribution in [0.3, 0.4) is 0 Å². The van der Waals surface area contributed by atoms with E-state index >= 15 is 0 Å². The molecule has 0 bridgehead atoms. The van der Waals surface area contributed by atoms with Crippen molar-refractivity contribution in [3.63, 3.8) is 0 Å². The molecule has 0 aromatic carbocycles. The number of hydrogen-bond acceptors (Lipinski definition) is 9. The van der Waals surface area contributed by atoms with Crippen LogP contribution in [0.15, 0.2) is 0 Å². The number of nitrogens with two attached hydrogens (primary N) is 1. The lowest BCUT2D eigenvalue weighted by molar-refractivity contribution is -0.144. The Bertz CT molecular complexity index is 792. The standard InChI is InChI=1S/C18H28N4O11S/c19-8(1-4-12(23)24)15(29)22-11(7-34)17(31)20-9(2-5-13(25)26)16(30)21-10(18(32)33)3-6-14(27)28/h8-11,34H,1-7,19H2,(H,20,31)(H,21,30)(H,22,29)(H,23,24)(H,25,26)(H,27,28)(H,32,33). The molecule has 0 aliphatic heterocycles. The van der Waals surface area contributed by atoms with Crippen molar-refractivity contribution in [2.24, 2.45) is 5.73 Å². The number of carboxylic acid groups (broad SMARTS) is 4. The van der Waals surface area contributed by atoms with Crippen LogP contribution in [0.4, 0.5) is 0 Å². The highest BCUT2D eigenvalue weighted by Gasteiger charge is 2.30. The average molecular weight is 509 g/mol. The van der Waals surface area contributed by atoms with Crippen LogP contribution in [0.1, 0.15) is 38.5 Å². The second kappa shape index (κ2) is 15.4. The van der Waals surface area contributed by atoms with Crippen LogP contribution in [-0.4, -0.2) is 91.9 Å². The minimum Gasteiger partial charge on any atom is -0.481 e. The lowest BCUT2D eigenvalue weighted by atomic mass is 10.1. The van der Waals surface area contributed by atoms with Crippen molar-refractivity contribution in [3.8, 4) is 0 Å². The molecule has 4 unspecified atom stereocenters. The largest absolute Gasteiger partial charge is 0.481 e. The first-order valence-corrected chi connectivity index (χ1v) is 10.6. The molecule has 0 fully saturated rings. The molecule has 0 spiro atoms. The molecule has 0 radical (unpaired) electrons. The van der Waals surface area contributed by atoms with E-state index in [2.05, 4.69) is 28.6 Å². The number of aliphatic carboxylic acids is 4. The van der Waals surface area contributed by atoms with Crippen molar-refractivity contribution in [1.82, 2.24) is 16.0 Å². The Labute approximate surface area is 198 Å².